The van der Waals surface area contributed by atoms with Crippen molar-refractivity contribution in [3.05, 3.63) is 35.7 Å². The van der Waals surface area contributed by atoms with Crippen molar-refractivity contribution in [2.75, 3.05) is 0 Å². The third kappa shape index (κ3) is 1.46. The number of rotatable bonds is 2. The number of nitrogens with zero attached hydrogens (tertiary/aromatic N) is 2. The minimum absolute atomic E-state index is 0.0671. The smallest absolute Gasteiger partial charge is 0.358 e. The van der Waals surface area contributed by atoms with E-state index in [2.05, 4.69) is 20.4 Å². The first-order chi connectivity index (χ1) is 8.66. The Bertz CT molecular complexity index is 741. The summed E-state index contributed by atoms with van der Waals surface area (Å²) in [5, 5.41) is 19.9. The lowest BCUT2D eigenvalue weighted by atomic mass is 10.1. The first kappa shape index (κ1) is 10.5. The van der Waals surface area contributed by atoms with Gasteiger partial charge in [0.05, 0.1) is 0 Å². The molecule has 3 rings (SSSR count). The third-order valence-electron chi connectivity index (χ3n) is 2.91. The van der Waals surface area contributed by atoms with Crippen molar-refractivity contribution >= 4 is 16.9 Å². The van der Waals surface area contributed by atoms with Crippen molar-refractivity contribution in [3.63, 3.8) is 0 Å². The standard InChI is InChI=1S/C12H10N4O2/c1-6-5-13-9-3-2-7(4-8(6)9)10-11(12(17)18)15-16-14-10/h2-5,13H,1H3,(H,17,18)(H,14,15,16). The maximum Gasteiger partial charge on any atom is 0.358 e. The van der Waals surface area contributed by atoms with E-state index < -0.39 is 5.97 Å². The average Bonchev–Trinajstić information content (AvgIpc) is 2.96. The van der Waals surface area contributed by atoms with Crippen LogP contribution < -0.4 is 0 Å². The van der Waals surface area contributed by atoms with E-state index in [1.54, 1.807) is 0 Å². The van der Waals surface area contributed by atoms with Crippen LogP contribution in [0.5, 0.6) is 0 Å². The molecule has 0 radical (unpaired) electrons. The van der Waals surface area contributed by atoms with Crippen LogP contribution in [0.25, 0.3) is 22.2 Å². The number of H-pyrrole nitrogens is 2. The summed E-state index contributed by atoms with van der Waals surface area (Å²) in [5.41, 5.74) is 3.13. The number of aromatic nitrogens is 4. The molecule has 0 aliphatic carbocycles. The molecule has 0 bridgehead atoms. The zero-order valence-corrected chi connectivity index (χ0v) is 9.56. The molecule has 0 saturated carbocycles. The quantitative estimate of drug-likeness (QED) is 0.640. The van der Waals surface area contributed by atoms with Crippen molar-refractivity contribution in [1.29, 1.82) is 0 Å². The van der Waals surface area contributed by atoms with Crippen LogP contribution in [0.3, 0.4) is 0 Å². The molecule has 2 heterocycles. The summed E-state index contributed by atoms with van der Waals surface area (Å²) in [7, 11) is 0. The number of hydrogen-bond donors (Lipinski definition) is 3. The normalized spacial score (nSPS) is 10.9. The van der Waals surface area contributed by atoms with Crippen LogP contribution in [0, 0.1) is 6.92 Å². The minimum Gasteiger partial charge on any atom is -0.476 e. The van der Waals surface area contributed by atoms with Crippen LogP contribution in [0.1, 0.15) is 16.1 Å². The van der Waals surface area contributed by atoms with Crippen molar-refractivity contribution in [1.82, 2.24) is 20.4 Å². The molecule has 90 valence electrons. The van der Waals surface area contributed by atoms with Gasteiger partial charge >= 0.3 is 5.97 Å². The summed E-state index contributed by atoms with van der Waals surface area (Å²) in [6.45, 7) is 1.99. The van der Waals surface area contributed by atoms with Gasteiger partial charge in [0, 0.05) is 22.7 Å². The predicted octanol–water partition coefficient (Wildman–Crippen LogP) is 1.96. The number of hydrogen-bond acceptors (Lipinski definition) is 3. The fourth-order valence-corrected chi connectivity index (χ4v) is 1.99. The van der Waals surface area contributed by atoms with Crippen molar-refractivity contribution in [2.24, 2.45) is 0 Å². The van der Waals surface area contributed by atoms with Crippen molar-refractivity contribution < 1.29 is 9.90 Å². The lowest BCUT2D eigenvalue weighted by Crippen LogP contribution is -1.99. The zero-order valence-electron chi connectivity index (χ0n) is 9.56. The Morgan fingerprint density at radius 3 is 2.94 bits per heavy atom. The van der Waals surface area contributed by atoms with Crippen LogP contribution in [-0.2, 0) is 0 Å². The summed E-state index contributed by atoms with van der Waals surface area (Å²) >= 11 is 0. The molecular weight excluding hydrogens is 232 g/mol. The van der Waals surface area contributed by atoms with Crippen LogP contribution in [0.4, 0.5) is 0 Å². The Balaban J connectivity index is 2.22. The Labute approximate surface area is 102 Å². The van der Waals surface area contributed by atoms with Gasteiger partial charge in [-0.05, 0) is 24.6 Å². The molecule has 0 aliphatic heterocycles. The first-order valence-electron chi connectivity index (χ1n) is 5.39. The molecule has 6 heteroatoms. The molecule has 0 saturated heterocycles. The van der Waals surface area contributed by atoms with Gasteiger partial charge in [0.1, 0.15) is 5.69 Å². The third-order valence-corrected chi connectivity index (χ3v) is 2.91. The molecular formula is C12H10N4O2. The number of carboxylic acid groups (broad SMARTS) is 1. The molecule has 0 aliphatic rings. The molecule has 6 nitrogen and oxygen atoms in total. The lowest BCUT2D eigenvalue weighted by molar-refractivity contribution is 0.0691. The SMILES string of the molecule is Cc1c[nH]c2ccc(-c3n[nH]nc3C(=O)O)cc12. The maximum absolute atomic E-state index is 11.0. The van der Waals surface area contributed by atoms with E-state index in [9.17, 15) is 4.79 Å². The van der Waals surface area contributed by atoms with Gasteiger partial charge in [0.15, 0.2) is 5.69 Å². The molecule has 0 amide bonds. The second-order valence-electron chi connectivity index (χ2n) is 4.06. The van der Waals surface area contributed by atoms with Crippen molar-refractivity contribution in [3.8, 4) is 11.3 Å². The van der Waals surface area contributed by atoms with Crippen LogP contribution in [0.2, 0.25) is 0 Å². The molecule has 18 heavy (non-hydrogen) atoms. The van der Waals surface area contributed by atoms with E-state index >= 15 is 0 Å². The molecule has 2 aromatic heterocycles. The molecule has 0 spiro atoms. The average molecular weight is 242 g/mol. The second-order valence-corrected chi connectivity index (χ2v) is 4.06. The zero-order chi connectivity index (χ0) is 12.7. The van der Waals surface area contributed by atoms with Gasteiger partial charge in [-0.25, -0.2) is 4.79 Å². The van der Waals surface area contributed by atoms with E-state index in [1.807, 2.05) is 31.3 Å². The number of carboxylic acids is 1. The monoisotopic (exact) mass is 242 g/mol. The first-order valence-corrected chi connectivity index (χ1v) is 5.39. The largest absolute Gasteiger partial charge is 0.476 e. The summed E-state index contributed by atoms with van der Waals surface area (Å²) in [5.74, 6) is -1.09. The van der Waals surface area contributed by atoms with E-state index in [1.165, 1.54) is 0 Å². The van der Waals surface area contributed by atoms with Crippen molar-refractivity contribution in [2.45, 2.75) is 6.92 Å². The van der Waals surface area contributed by atoms with E-state index in [-0.39, 0.29) is 5.69 Å². The van der Waals surface area contributed by atoms with Gasteiger partial charge in [-0.2, -0.15) is 10.3 Å². The second kappa shape index (κ2) is 3.69. The molecule has 0 unspecified atom stereocenters. The van der Waals surface area contributed by atoms with Gasteiger partial charge in [0.2, 0.25) is 0 Å². The fraction of sp³-hybridized carbons (Fsp3) is 0.0833. The van der Waals surface area contributed by atoms with Gasteiger partial charge in [-0.1, -0.05) is 6.07 Å². The topological polar surface area (TPSA) is 94.7 Å². The van der Waals surface area contributed by atoms with E-state index in [0.717, 1.165) is 22.0 Å². The number of carbonyl (C=O) groups is 1. The lowest BCUT2D eigenvalue weighted by Gasteiger charge is -1.99. The molecule has 0 atom stereocenters. The summed E-state index contributed by atoms with van der Waals surface area (Å²) in [6.07, 6.45) is 1.91. The fourth-order valence-electron chi connectivity index (χ4n) is 1.99. The Kier molecular flexibility index (Phi) is 2.16. The minimum atomic E-state index is -1.09. The predicted molar refractivity (Wildman–Crippen MR) is 65.4 cm³/mol. The van der Waals surface area contributed by atoms with E-state index in [4.69, 9.17) is 5.11 Å². The summed E-state index contributed by atoms with van der Waals surface area (Å²) in [6, 6.07) is 5.63. The highest BCUT2D eigenvalue weighted by Gasteiger charge is 2.17. The van der Waals surface area contributed by atoms with Gasteiger partial charge in [-0.3, -0.25) is 0 Å². The molecule has 3 N–H and O–H groups in total. The van der Waals surface area contributed by atoms with Crippen LogP contribution in [0.15, 0.2) is 24.4 Å². The highest BCUT2D eigenvalue weighted by atomic mass is 16.4. The molecule has 0 fully saturated rings. The molecule has 3 aromatic rings. The number of benzene rings is 1. The number of aryl methyl sites for hydroxylation is 1. The highest BCUT2D eigenvalue weighted by Crippen LogP contribution is 2.26. The summed E-state index contributed by atoms with van der Waals surface area (Å²) < 4.78 is 0. The summed E-state index contributed by atoms with van der Waals surface area (Å²) in [4.78, 5) is 14.1. The Hall–Kier alpha value is -2.63. The number of fused-ring (bicyclic) bond motifs is 1. The highest BCUT2D eigenvalue weighted by molar-refractivity contribution is 5.94. The number of aromatic carboxylic acids is 1. The van der Waals surface area contributed by atoms with Crippen LogP contribution in [-0.4, -0.2) is 31.5 Å². The van der Waals surface area contributed by atoms with Gasteiger partial charge in [0.25, 0.3) is 0 Å². The Morgan fingerprint density at radius 2 is 2.17 bits per heavy atom. The van der Waals surface area contributed by atoms with Gasteiger partial charge in [-0.15, -0.1) is 5.10 Å². The van der Waals surface area contributed by atoms with E-state index in [0.29, 0.717) is 5.69 Å². The maximum atomic E-state index is 11.0. The number of nitrogens with one attached hydrogen (secondary N) is 2. The van der Waals surface area contributed by atoms with Crippen LogP contribution >= 0.6 is 0 Å². The Morgan fingerprint density at radius 1 is 1.33 bits per heavy atom. The number of aromatic amines is 2. The molecule has 1 aromatic carbocycles. The van der Waals surface area contributed by atoms with Gasteiger partial charge < -0.3 is 10.1 Å².